The van der Waals surface area contributed by atoms with E-state index in [0.717, 1.165) is 37.8 Å². The fraction of sp³-hybridized carbons (Fsp3) is 0.158. The van der Waals surface area contributed by atoms with Crippen LogP contribution in [0.3, 0.4) is 0 Å². The summed E-state index contributed by atoms with van der Waals surface area (Å²) in [4.78, 5) is 26.7. The first-order chi connectivity index (χ1) is 12.0. The van der Waals surface area contributed by atoms with Crippen molar-refractivity contribution in [2.75, 3.05) is 7.11 Å². The van der Waals surface area contributed by atoms with Crippen LogP contribution in [-0.2, 0) is 11.3 Å². The standard InChI is InChI=1S/C19H16INO3S/c1-12-5-3-4-6-14(12)11-21-18(22)17(25-19(21)23)10-13-7-8-16(24-2)15(20)9-13/h3-10H,11H2,1-2H3/b17-10-. The average molecular weight is 465 g/mol. The molecule has 4 nitrogen and oxygen atoms in total. The van der Waals surface area contributed by atoms with Crippen LogP contribution in [0.15, 0.2) is 47.4 Å². The lowest BCUT2D eigenvalue weighted by atomic mass is 10.1. The van der Waals surface area contributed by atoms with Gasteiger partial charge in [-0.3, -0.25) is 14.5 Å². The maximum absolute atomic E-state index is 12.6. The predicted molar refractivity (Wildman–Crippen MR) is 108 cm³/mol. The number of benzene rings is 2. The van der Waals surface area contributed by atoms with Crippen molar-refractivity contribution in [2.45, 2.75) is 13.5 Å². The van der Waals surface area contributed by atoms with Crippen molar-refractivity contribution in [3.05, 3.63) is 67.6 Å². The van der Waals surface area contributed by atoms with E-state index < -0.39 is 0 Å². The molecular formula is C19H16INO3S. The third kappa shape index (κ3) is 3.90. The zero-order valence-corrected chi connectivity index (χ0v) is 16.8. The van der Waals surface area contributed by atoms with Crippen LogP contribution < -0.4 is 4.74 Å². The summed E-state index contributed by atoms with van der Waals surface area (Å²) in [5.74, 6) is 0.537. The summed E-state index contributed by atoms with van der Waals surface area (Å²) < 4.78 is 6.19. The van der Waals surface area contributed by atoms with Gasteiger partial charge in [0.25, 0.3) is 11.1 Å². The highest BCUT2D eigenvalue weighted by molar-refractivity contribution is 14.1. The number of amides is 2. The Balaban J connectivity index is 1.83. The number of carbonyl (C=O) groups is 2. The zero-order valence-electron chi connectivity index (χ0n) is 13.8. The Morgan fingerprint density at radius 1 is 1.20 bits per heavy atom. The van der Waals surface area contributed by atoms with E-state index in [0.29, 0.717) is 11.4 Å². The third-order valence-corrected chi connectivity index (χ3v) is 5.69. The molecule has 2 amide bonds. The molecule has 128 valence electrons. The van der Waals surface area contributed by atoms with Crippen LogP contribution in [0.5, 0.6) is 5.75 Å². The largest absolute Gasteiger partial charge is 0.496 e. The normalized spacial score (nSPS) is 16.0. The lowest BCUT2D eigenvalue weighted by molar-refractivity contribution is -0.123. The van der Waals surface area contributed by atoms with Crippen molar-refractivity contribution in [1.29, 1.82) is 0 Å². The number of rotatable bonds is 4. The Morgan fingerprint density at radius 3 is 2.64 bits per heavy atom. The van der Waals surface area contributed by atoms with E-state index in [4.69, 9.17) is 4.74 Å². The molecule has 0 radical (unpaired) electrons. The van der Waals surface area contributed by atoms with Gasteiger partial charge in [-0.05, 0) is 76.2 Å². The first kappa shape index (κ1) is 18.0. The van der Waals surface area contributed by atoms with Crippen LogP contribution in [0.2, 0.25) is 0 Å². The molecule has 1 aliphatic rings. The highest BCUT2D eigenvalue weighted by Crippen LogP contribution is 2.34. The van der Waals surface area contributed by atoms with Crippen molar-refractivity contribution >= 4 is 51.6 Å². The minimum Gasteiger partial charge on any atom is -0.496 e. The Morgan fingerprint density at radius 2 is 1.96 bits per heavy atom. The van der Waals surface area contributed by atoms with E-state index in [2.05, 4.69) is 22.6 Å². The summed E-state index contributed by atoms with van der Waals surface area (Å²) in [5, 5.41) is -0.234. The van der Waals surface area contributed by atoms with E-state index in [1.807, 2.05) is 49.4 Å². The lowest BCUT2D eigenvalue weighted by Crippen LogP contribution is -2.27. The van der Waals surface area contributed by atoms with Gasteiger partial charge in [-0.25, -0.2) is 0 Å². The number of hydrogen-bond donors (Lipinski definition) is 0. The average Bonchev–Trinajstić information content (AvgIpc) is 2.84. The fourth-order valence-corrected chi connectivity index (χ4v) is 4.12. The van der Waals surface area contributed by atoms with Gasteiger partial charge in [0.15, 0.2) is 0 Å². The molecule has 2 aromatic carbocycles. The van der Waals surface area contributed by atoms with Crippen LogP contribution >= 0.6 is 34.4 Å². The topological polar surface area (TPSA) is 46.6 Å². The number of nitrogens with zero attached hydrogens (tertiary/aromatic N) is 1. The number of halogens is 1. The first-order valence-electron chi connectivity index (χ1n) is 7.63. The molecule has 0 saturated carbocycles. The van der Waals surface area contributed by atoms with Crippen LogP contribution in [0.25, 0.3) is 6.08 Å². The van der Waals surface area contributed by atoms with Crippen LogP contribution in [0.4, 0.5) is 4.79 Å². The van der Waals surface area contributed by atoms with Gasteiger partial charge in [0.2, 0.25) is 0 Å². The fourth-order valence-electron chi connectivity index (χ4n) is 2.52. The smallest absolute Gasteiger partial charge is 0.293 e. The van der Waals surface area contributed by atoms with E-state index in [1.54, 1.807) is 13.2 Å². The molecule has 0 bridgehead atoms. The minimum atomic E-state index is -0.246. The van der Waals surface area contributed by atoms with Crippen LogP contribution in [0.1, 0.15) is 16.7 Å². The van der Waals surface area contributed by atoms with E-state index >= 15 is 0 Å². The van der Waals surface area contributed by atoms with Gasteiger partial charge in [-0.2, -0.15) is 0 Å². The van der Waals surface area contributed by atoms with Gasteiger partial charge >= 0.3 is 0 Å². The van der Waals surface area contributed by atoms with Crippen LogP contribution in [-0.4, -0.2) is 23.2 Å². The molecule has 6 heteroatoms. The number of aryl methyl sites for hydroxylation is 1. The van der Waals surface area contributed by atoms with E-state index in [1.165, 1.54) is 4.90 Å². The maximum atomic E-state index is 12.6. The molecule has 0 spiro atoms. The van der Waals surface area contributed by atoms with Crippen molar-refractivity contribution in [2.24, 2.45) is 0 Å². The minimum absolute atomic E-state index is 0.234. The van der Waals surface area contributed by atoms with Crippen LogP contribution in [0, 0.1) is 10.5 Å². The molecule has 0 aliphatic carbocycles. The Labute approximate surface area is 164 Å². The number of thioether (sulfide) groups is 1. The highest BCUT2D eigenvalue weighted by atomic mass is 127. The molecule has 3 rings (SSSR count). The molecule has 25 heavy (non-hydrogen) atoms. The van der Waals surface area contributed by atoms with Crippen molar-refractivity contribution in [3.63, 3.8) is 0 Å². The summed E-state index contributed by atoms with van der Waals surface area (Å²) in [6, 6.07) is 13.4. The van der Waals surface area contributed by atoms with Crippen molar-refractivity contribution in [3.8, 4) is 5.75 Å². The van der Waals surface area contributed by atoms with Gasteiger partial charge in [0, 0.05) is 0 Å². The quantitative estimate of drug-likeness (QED) is 0.479. The molecule has 0 N–H and O–H groups in total. The first-order valence-corrected chi connectivity index (χ1v) is 9.52. The molecule has 0 atom stereocenters. The second kappa shape index (κ2) is 7.61. The summed E-state index contributed by atoms with van der Waals surface area (Å²) in [5.41, 5.74) is 2.91. The van der Waals surface area contributed by atoms with Gasteiger partial charge < -0.3 is 4.74 Å². The molecular weight excluding hydrogens is 449 g/mol. The molecule has 1 saturated heterocycles. The highest BCUT2D eigenvalue weighted by Gasteiger charge is 2.35. The predicted octanol–water partition coefficient (Wildman–Crippen LogP) is 4.84. The molecule has 0 unspecified atom stereocenters. The number of hydrogen-bond acceptors (Lipinski definition) is 4. The Kier molecular flexibility index (Phi) is 5.48. The summed E-state index contributed by atoms with van der Waals surface area (Å²) in [6.45, 7) is 2.28. The summed E-state index contributed by atoms with van der Waals surface area (Å²) >= 11 is 3.16. The van der Waals surface area contributed by atoms with Gasteiger partial charge in [-0.1, -0.05) is 30.3 Å². The molecule has 1 aliphatic heterocycles. The number of methoxy groups -OCH3 is 1. The number of ether oxygens (including phenoxy) is 1. The second-order valence-electron chi connectivity index (χ2n) is 5.59. The Hall–Kier alpha value is -1.80. The maximum Gasteiger partial charge on any atom is 0.293 e. The molecule has 2 aromatic rings. The van der Waals surface area contributed by atoms with E-state index in [-0.39, 0.29) is 11.1 Å². The van der Waals surface area contributed by atoms with Gasteiger partial charge in [-0.15, -0.1) is 0 Å². The summed E-state index contributed by atoms with van der Waals surface area (Å²) in [7, 11) is 1.62. The third-order valence-electron chi connectivity index (χ3n) is 3.94. The number of imide groups is 1. The van der Waals surface area contributed by atoms with Crippen molar-refractivity contribution in [1.82, 2.24) is 4.90 Å². The second-order valence-corrected chi connectivity index (χ2v) is 7.74. The SMILES string of the molecule is COc1ccc(/C=C2\SC(=O)N(Cc3ccccc3C)C2=O)cc1I. The van der Waals surface area contributed by atoms with Gasteiger partial charge in [0.1, 0.15) is 5.75 Å². The van der Waals surface area contributed by atoms with E-state index in [9.17, 15) is 9.59 Å². The van der Waals surface area contributed by atoms with Gasteiger partial charge in [0.05, 0.1) is 22.1 Å². The summed E-state index contributed by atoms with van der Waals surface area (Å²) in [6.07, 6.45) is 1.75. The molecule has 0 aromatic heterocycles. The number of carbonyl (C=O) groups excluding carboxylic acids is 2. The van der Waals surface area contributed by atoms with Crippen molar-refractivity contribution < 1.29 is 14.3 Å². The molecule has 1 heterocycles. The Bertz CT molecular complexity index is 879. The molecule has 1 fully saturated rings. The monoisotopic (exact) mass is 465 g/mol. The lowest BCUT2D eigenvalue weighted by Gasteiger charge is -2.14. The zero-order chi connectivity index (χ0) is 18.0.